The van der Waals surface area contributed by atoms with Gasteiger partial charge in [-0.05, 0) is 25.0 Å². The van der Waals surface area contributed by atoms with Gasteiger partial charge in [0.1, 0.15) is 19.0 Å². The second-order valence-electron chi connectivity index (χ2n) is 4.32. The lowest BCUT2D eigenvalue weighted by Gasteiger charge is -2.25. The van der Waals surface area contributed by atoms with Gasteiger partial charge in [-0.15, -0.1) is 0 Å². The number of hydrogen-bond donors (Lipinski definition) is 1. The zero-order valence-corrected chi connectivity index (χ0v) is 9.29. The summed E-state index contributed by atoms with van der Waals surface area (Å²) >= 11 is 0. The van der Waals surface area contributed by atoms with E-state index in [4.69, 9.17) is 19.9 Å². The summed E-state index contributed by atoms with van der Waals surface area (Å²) in [6.07, 6.45) is 1.95. The van der Waals surface area contributed by atoms with Crippen molar-refractivity contribution < 1.29 is 14.2 Å². The van der Waals surface area contributed by atoms with E-state index < -0.39 is 0 Å². The zero-order chi connectivity index (χ0) is 11.2. The van der Waals surface area contributed by atoms with E-state index in [0.717, 1.165) is 35.7 Å². The van der Waals surface area contributed by atoms with Crippen molar-refractivity contribution in [2.75, 3.05) is 20.3 Å². The Bertz CT molecular complexity index is 427. The largest absolute Gasteiger partial charge is 0.496 e. The molecule has 0 bridgehead atoms. The van der Waals surface area contributed by atoms with Gasteiger partial charge in [0.2, 0.25) is 0 Å². The molecule has 0 radical (unpaired) electrons. The molecule has 0 aromatic heterocycles. The number of fused-ring (bicyclic) bond motifs is 1. The molecule has 0 atom stereocenters. The third-order valence-electron chi connectivity index (χ3n) is 3.18. The number of benzene rings is 1. The topological polar surface area (TPSA) is 53.7 Å². The Morgan fingerprint density at radius 1 is 1.25 bits per heavy atom. The molecule has 2 N–H and O–H groups in total. The Morgan fingerprint density at radius 2 is 2.00 bits per heavy atom. The van der Waals surface area contributed by atoms with Gasteiger partial charge in [0.05, 0.1) is 12.7 Å². The van der Waals surface area contributed by atoms with Crippen molar-refractivity contribution in [2.24, 2.45) is 5.73 Å². The highest BCUT2D eigenvalue weighted by Gasteiger charge is 2.45. The molecule has 0 spiro atoms. The molecule has 1 aromatic carbocycles. The van der Waals surface area contributed by atoms with Gasteiger partial charge in [-0.2, -0.15) is 0 Å². The van der Waals surface area contributed by atoms with E-state index in [1.54, 1.807) is 7.11 Å². The lowest BCUT2D eigenvalue weighted by Crippen LogP contribution is -2.24. The van der Waals surface area contributed by atoms with E-state index in [-0.39, 0.29) is 5.54 Å². The standard InChI is InChI=1S/C12H15NO3/c1-14-8-2-3-9-11(16-7-6-15-9)10(8)12(13)4-5-12/h2-3H,4-7,13H2,1H3. The molecule has 0 saturated heterocycles. The van der Waals surface area contributed by atoms with Gasteiger partial charge in [0, 0.05) is 5.54 Å². The van der Waals surface area contributed by atoms with Gasteiger partial charge >= 0.3 is 0 Å². The van der Waals surface area contributed by atoms with Crippen LogP contribution in [-0.4, -0.2) is 20.3 Å². The lowest BCUT2D eigenvalue weighted by atomic mass is 10.0. The summed E-state index contributed by atoms with van der Waals surface area (Å²) in [4.78, 5) is 0. The SMILES string of the molecule is COc1ccc2c(c1C1(N)CC1)OCCO2. The Balaban J connectivity index is 2.17. The maximum absolute atomic E-state index is 6.25. The van der Waals surface area contributed by atoms with Crippen LogP contribution in [0.25, 0.3) is 0 Å². The normalized spacial score (nSPS) is 20.4. The number of methoxy groups -OCH3 is 1. The lowest BCUT2D eigenvalue weighted by molar-refractivity contribution is 0.167. The highest BCUT2D eigenvalue weighted by Crippen LogP contribution is 2.53. The Morgan fingerprint density at radius 3 is 2.69 bits per heavy atom. The van der Waals surface area contributed by atoms with Crippen molar-refractivity contribution in [1.82, 2.24) is 0 Å². The van der Waals surface area contributed by atoms with E-state index >= 15 is 0 Å². The van der Waals surface area contributed by atoms with Crippen molar-refractivity contribution in [3.63, 3.8) is 0 Å². The molecule has 1 aliphatic heterocycles. The summed E-state index contributed by atoms with van der Waals surface area (Å²) in [7, 11) is 1.65. The monoisotopic (exact) mass is 221 g/mol. The highest BCUT2D eigenvalue weighted by molar-refractivity contribution is 5.59. The van der Waals surface area contributed by atoms with E-state index in [9.17, 15) is 0 Å². The van der Waals surface area contributed by atoms with Crippen LogP contribution in [0.15, 0.2) is 12.1 Å². The van der Waals surface area contributed by atoms with Crippen LogP contribution in [0.5, 0.6) is 17.2 Å². The second-order valence-corrected chi connectivity index (χ2v) is 4.32. The van der Waals surface area contributed by atoms with Crippen LogP contribution in [0.3, 0.4) is 0 Å². The molecule has 0 amide bonds. The Kier molecular flexibility index (Phi) is 2.01. The van der Waals surface area contributed by atoms with Crippen LogP contribution in [0.2, 0.25) is 0 Å². The first kappa shape index (κ1) is 9.78. The van der Waals surface area contributed by atoms with E-state index in [1.807, 2.05) is 12.1 Å². The first-order valence-corrected chi connectivity index (χ1v) is 5.50. The van der Waals surface area contributed by atoms with Crippen LogP contribution >= 0.6 is 0 Å². The molecule has 1 aromatic rings. The molecule has 86 valence electrons. The summed E-state index contributed by atoms with van der Waals surface area (Å²) in [5.41, 5.74) is 6.94. The number of nitrogens with two attached hydrogens (primary N) is 1. The van der Waals surface area contributed by atoms with Gasteiger partial charge in [0.25, 0.3) is 0 Å². The summed E-state index contributed by atoms with van der Waals surface area (Å²) < 4.78 is 16.6. The van der Waals surface area contributed by atoms with Crippen molar-refractivity contribution in [2.45, 2.75) is 18.4 Å². The summed E-state index contributed by atoms with van der Waals surface area (Å²) in [6, 6.07) is 3.78. The third kappa shape index (κ3) is 1.33. The number of ether oxygens (including phenoxy) is 3. The quantitative estimate of drug-likeness (QED) is 0.820. The Hall–Kier alpha value is -1.42. The molecule has 1 aliphatic carbocycles. The minimum atomic E-state index is -0.280. The Labute approximate surface area is 94.3 Å². The van der Waals surface area contributed by atoms with E-state index in [1.165, 1.54) is 0 Å². The average Bonchev–Trinajstić information content (AvgIpc) is 3.06. The van der Waals surface area contributed by atoms with Crippen LogP contribution in [0, 0.1) is 0 Å². The molecule has 2 aliphatic rings. The van der Waals surface area contributed by atoms with Crippen molar-refractivity contribution in [3.05, 3.63) is 17.7 Å². The van der Waals surface area contributed by atoms with Gasteiger partial charge in [-0.3, -0.25) is 0 Å². The molecule has 16 heavy (non-hydrogen) atoms. The maximum Gasteiger partial charge on any atom is 0.170 e. The zero-order valence-electron chi connectivity index (χ0n) is 9.29. The second kappa shape index (κ2) is 3.28. The van der Waals surface area contributed by atoms with Gasteiger partial charge in [0.15, 0.2) is 11.5 Å². The maximum atomic E-state index is 6.25. The average molecular weight is 221 g/mol. The molecule has 1 fully saturated rings. The predicted molar refractivity (Wildman–Crippen MR) is 59.1 cm³/mol. The minimum Gasteiger partial charge on any atom is -0.496 e. The van der Waals surface area contributed by atoms with E-state index in [2.05, 4.69) is 0 Å². The van der Waals surface area contributed by atoms with Crippen LogP contribution in [-0.2, 0) is 5.54 Å². The van der Waals surface area contributed by atoms with Gasteiger partial charge in [-0.25, -0.2) is 0 Å². The fourth-order valence-corrected chi connectivity index (χ4v) is 2.12. The third-order valence-corrected chi connectivity index (χ3v) is 3.18. The van der Waals surface area contributed by atoms with E-state index in [0.29, 0.717) is 13.2 Å². The van der Waals surface area contributed by atoms with Crippen LogP contribution in [0.1, 0.15) is 18.4 Å². The fraction of sp³-hybridized carbons (Fsp3) is 0.500. The molecule has 0 unspecified atom stereocenters. The molecule has 4 nitrogen and oxygen atoms in total. The summed E-state index contributed by atoms with van der Waals surface area (Å²) in [6.45, 7) is 1.17. The van der Waals surface area contributed by atoms with Crippen LogP contribution < -0.4 is 19.9 Å². The predicted octanol–water partition coefficient (Wildman–Crippen LogP) is 1.41. The molecule has 1 saturated carbocycles. The first-order chi connectivity index (χ1) is 7.74. The molecular weight excluding hydrogens is 206 g/mol. The van der Waals surface area contributed by atoms with Crippen molar-refractivity contribution in [1.29, 1.82) is 0 Å². The summed E-state index contributed by atoms with van der Waals surface area (Å²) in [5, 5.41) is 0. The van der Waals surface area contributed by atoms with Crippen molar-refractivity contribution >= 4 is 0 Å². The molecular formula is C12H15NO3. The smallest absolute Gasteiger partial charge is 0.170 e. The summed E-state index contributed by atoms with van der Waals surface area (Å²) in [5.74, 6) is 2.34. The van der Waals surface area contributed by atoms with Crippen molar-refractivity contribution in [3.8, 4) is 17.2 Å². The number of hydrogen-bond acceptors (Lipinski definition) is 4. The molecule has 1 heterocycles. The number of rotatable bonds is 2. The fourth-order valence-electron chi connectivity index (χ4n) is 2.12. The van der Waals surface area contributed by atoms with Crippen LogP contribution in [0.4, 0.5) is 0 Å². The first-order valence-electron chi connectivity index (χ1n) is 5.50. The van der Waals surface area contributed by atoms with Gasteiger partial charge < -0.3 is 19.9 Å². The van der Waals surface area contributed by atoms with Gasteiger partial charge in [-0.1, -0.05) is 0 Å². The molecule has 4 heteroatoms. The highest BCUT2D eigenvalue weighted by atomic mass is 16.6. The molecule has 3 rings (SSSR count). The minimum absolute atomic E-state index is 0.280.